The molecule has 2 aromatic rings. The Morgan fingerprint density at radius 1 is 0.917 bits per heavy atom. The Labute approximate surface area is 135 Å². The summed E-state index contributed by atoms with van der Waals surface area (Å²) in [5, 5.41) is 0. The van der Waals surface area contributed by atoms with E-state index >= 15 is 0 Å². The number of fused-ring (bicyclic) bond motifs is 1. The molecule has 0 bridgehead atoms. The lowest BCUT2D eigenvalue weighted by Gasteiger charge is -2.07. The topological polar surface area (TPSA) is 96.0 Å². The van der Waals surface area contributed by atoms with Gasteiger partial charge >= 0.3 is 23.9 Å². The van der Waals surface area contributed by atoms with Crippen molar-refractivity contribution in [2.45, 2.75) is 6.92 Å². The standard InChI is InChI=1S/C17H10O7/c1-9(18)22-15(19)10-3-2-4-11(7-10)23-12-5-6-13-14(8-12)17(21)24-16(13)20/h2-8H,1H3. The van der Waals surface area contributed by atoms with Crippen LogP contribution in [0.15, 0.2) is 42.5 Å². The first-order chi connectivity index (χ1) is 11.4. The Bertz CT molecular complexity index is 882. The summed E-state index contributed by atoms with van der Waals surface area (Å²) in [6.07, 6.45) is 0. The summed E-state index contributed by atoms with van der Waals surface area (Å²) in [5.41, 5.74) is 0.425. The summed E-state index contributed by atoms with van der Waals surface area (Å²) < 4.78 is 14.6. The van der Waals surface area contributed by atoms with Crippen LogP contribution in [0, 0.1) is 0 Å². The van der Waals surface area contributed by atoms with Gasteiger partial charge in [0.25, 0.3) is 0 Å². The van der Waals surface area contributed by atoms with Crippen molar-refractivity contribution in [1.29, 1.82) is 0 Å². The number of hydrogen-bond donors (Lipinski definition) is 0. The first kappa shape index (κ1) is 15.4. The van der Waals surface area contributed by atoms with Crippen molar-refractivity contribution in [3.05, 3.63) is 59.2 Å². The molecule has 120 valence electrons. The first-order valence-electron chi connectivity index (χ1n) is 6.85. The summed E-state index contributed by atoms with van der Waals surface area (Å²) in [4.78, 5) is 45.4. The maximum Gasteiger partial charge on any atom is 0.347 e. The highest BCUT2D eigenvalue weighted by atomic mass is 16.6. The van der Waals surface area contributed by atoms with Crippen molar-refractivity contribution >= 4 is 23.9 Å². The average Bonchev–Trinajstić information content (AvgIpc) is 2.81. The molecule has 0 atom stereocenters. The van der Waals surface area contributed by atoms with Gasteiger partial charge in [0.15, 0.2) is 0 Å². The lowest BCUT2D eigenvalue weighted by Crippen LogP contribution is -2.09. The molecule has 1 aliphatic rings. The lowest BCUT2D eigenvalue weighted by atomic mass is 10.1. The zero-order chi connectivity index (χ0) is 17.3. The summed E-state index contributed by atoms with van der Waals surface area (Å²) in [6, 6.07) is 10.3. The predicted octanol–water partition coefficient (Wildman–Crippen LogP) is 2.49. The van der Waals surface area contributed by atoms with Crippen LogP contribution in [0.4, 0.5) is 0 Å². The van der Waals surface area contributed by atoms with Crippen LogP contribution in [0.25, 0.3) is 0 Å². The monoisotopic (exact) mass is 326 g/mol. The van der Waals surface area contributed by atoms with Gasteiger partial charge in [-0.15, -0.1) is 0 Å². The molecule has 7 nitrogen and oxygen atoms in total. The largest absolute Gasteiger partial charge is 0.457 e. The van der Waals surface area contributed by atoms with Crippen molar-refractivity contribution in [2.75, 3.05) is 0 Å². The van der Waals surface area contributed by atoms with Gasteiger partial charge in [-0.3, -0.25) is 4.79 Å². The molecule has 24 heavy (non-hydrogen) atoms. The summed E-state index contributed by atoms with van der Waals surface area (Å²) in [5.74, 6) is -2.36. The Balaban J connectivity index is 1.83. The van der Waals surface area contributed by atoms with Crippen LogP contribution in [-0.4, -0.2) is 23.9 Å². The minimum Gasteiger partial charge on any atom is -0.457 e. The average molecular weight is 326 g/mol. The molecule has 0 spiro atoms. The fourth-order valence-electron chi connectivity index (χ4n) is 2.14. The Kier molecular flexibility index (Phi) is 3.83. The van der Waals surface area contributed by atoms with Gasteiger partial charge in [0.05, 0.1) is 16.7 Å². The number of carbonyl (C=O) groups is 4. The third-order valence-corrected chi connectivity index (χ3v) is 3.16. The van der Waals surface area contributed by atoms with Crippen LogP contribution in [0.3, 0.4) is 0 Å². The molecule has 0 radical (unpaired) electrons. The molecular weight excluding hydrogens is 316 g/mol. The van der Waals surface area contributed by atoms with Gasteiger partial charge in [-0.1, -0.05) is 6.07 Å². The second-order valence-electron chi connectivity index (χ2n) is 4.90. The molecule has 2 aromatic carbocycles. The van der Waals surface area contributed by atoms with Crippen molar-refractivity contribution in [3.63, 3.8) is 0 Å². The molecule has 3 rings (SSSR count). The molecule has 1 aliphatic heterocycles. The fourth-order valence-corrected chi connectivity index (χ4v) is 2.14. The van der Waals surface area contributed by atoms with E-state index in [1.807, 2.05) is 0 Å². The van der Waals surface area contributed by atoms with E-state index in [4.69, 9.17) is 4.74 Å². The van der Waals surface area contributed by atoms with Gasteiger partial charge in [0.2, 0.25) is 0 Å². The highest BCUT2D eigenvalue weighted by Gasteiger charge is 2.29. The van der Waals surface area contributed by atoms with Crippen LogP contribution >= 0.6 is 0 Å². The van der Waals surface area contributed by atoms with E-state index in [0.717, 1.165) is 6.92 Å². The first-order valence-corrected chi connectivity index (χ1v) is 6.85. The number of cyclic esters (lactones) is 2. The third-order valence-electron chi connectivity index (χ3n) is 3.16. The second kappa shape index (κ2) is 5.96. The molecule has 0 N–H and O–H groups in total. The predicted molar refractivity (Wildman–Crippen MR) is 78.8 cm³/mol. The number of carbonyl (C=O) groups excluding carboxylic acids is 4. The van der Waals surface area contributed by atoms with Gasteiger partial charge < -0.3 is 14.2 Å². The van der Waals surface area contributed by atoms with Crippen LogP contribution < -0.4 is 4.74 Å². The summed E-state index contributed by atoms with van der Waals surface area (Å²) >= 11 is 0. The number of ether oxygens (including phenoxy) is 3. The van der Waals surface area contributed by atoms with E-state index in [-0.39, 0.29) is 22.4 Å². The Morgan fingerprint density at radius 3 is 2.38 bits per heavy atom. The lowest BCUT2D eigenvalue weighted by molar-refractivity contribution is -0.135. The zero-order valence-corrected chi connectivity index (χ0v) is 12.4. The van der Waals surface area contributed by atoms with Gasteiger partial charge in [-0.05, 0) is 36.4 Å². The van der Waals surface area contributed by atoms with Crippen LogP contribution in [0.5, 0.6) is 11.5 Å². The molecule has 0 saturated heterocycles. The van der Waals surface area contributed by atoms with Gasteiger partial charge in [0, 0.05) is 6.92 Å². The molecule has 0 amide bonds. The smallest absolute Gasteiger partial charge is 0.347 e. The molecule has 7 heteroatoms. The summed E-state index contributed by atoms with van der Waals surface area (Å²) in [7, 11) is 0. The Morgan fingerprint density at radius 2 is 1.62 bits per heavy atom. The second-order valence-corrected chi connectivity index (χ2v) is 4.90. The highest BCUT2D eigenvalue weighted by Crippen LogP contribution is 2.28. The van der Waals surface area contributed by atoms with Crippen LogP contribution in [0.1, 0.15) is 38.0 Å². The number of rotatable bonds is 3. The maximum atomic E-state index is 11.7. The minimum atomic E-state index is -0.795. The molecule has 0 unspecified atom stereocenters. The quantitative estimate of drug-likeness (QED) is 0.631. The van der Waals surface area contributed by atoms with E-state index in [9.17, 15) is 19.2 Å². The van der Waals surface area contributed by atoms with E-state index in [1.54, 1.807) is 12.1 Å². The zero-order valence-electron chi connectivity index (χ0n) is 12.4. The van der Waals surface area contributed by atoms with Crippen LogP contribution in [0.2, 0.25) is 0 Å². The van der Waals surface area contributed by atoms with E-state index in [2.05, 4.69) is 9.47 Å². The number of benzene rings is 2. The summed E-state index contributed by atoms with van der Waals surface area (Å²) in [6.45, 7) is 1.13. The molecule has 0 aromatic heterocycles. The van der Waals surface area contributed by atoms with Crippen molar-refractivity contribution in [1.82, 2.24) is 0 Å². The van der Waals surface area contributed by atoms with Crippen molar-refractivity contribution in [3.8, 4) is 11.5 Å². The van der Waals surface area contributed by atoms with Gasteiger partial charge in [0.1, 0.15) is 11.5 Å². The SMILES string of the molecule is CC(=O)OC(=O)c1cccc(Oc2ccc3c(c2)C(=O)OC3=O)c1. The number of hydrogen-bond acceptors (Lipinski definition) is 7. The molecule has 0 saturated carbocycles. The maximum absolute atomic E-state index is 11.7. The third kappa shape index (κ3) is 3.00. The Hall–Kier alpha value is -3.48. The van der Waals surface area contributed by atoms with Gasteiger partial charge in [-0.25, -0.2) is 14.4 Å². The van der Waals surface area contributed by atoms with Gasteiger partial charge in [-0.2, -0.15) is 0 Å². The molecular formula is C17H10O7. The van der Waals surface area contributed by atoms with E-state index < -0.39 is 23.9 Å². The molecule has 1 heterocycles. The van der Waals surface area contributed by atoms with Crippen LogP contribution in [-0.2, 0) is 14.3 Å². The van der Waals surface area contributed by atoms with E-state index in [0.29, 0.717) is 5.75 Å². The molecule has 0 fully saturated rings. The fraction of sp³-hybridized carbons (Fsp3) is 0.0588. The highest BCUT2D eigenvalue weighted by molar-refractivity contribution is 6.14. The normalized spacial score (nSPS) is 12.4. The minimum absolute atomic E-state index is 0.115. The molecule has 0 aliphatic carbocycles. The van der Waals surface area contributed by atoms with Crippen molar-refractivity contribution < 1.29 is 33.4 Å². The van der Waals surface area contributed by atoms with E-state index in [1.165, 1.54) is 30.3 Å². The number of esters is 4. The van der Waals surface area contributed by atoms with Crippen molar-refractivity contribution in [2.24, 2.45) is 0 Å².